The Labute approximate surface area is 198 Å². The molecule has 0 aromatic rings. The van der Waals surface area contributed by atoms with Crippen molar-refractivity contribution in [3.63, 3.8) is 0 Å². The highest BCUT2D eigenvalue weighted by Crippen LogP contribution is 2.69. The molecule has 4 aliphatic carbocycles. The lowest BCUT2D eigenvalue weighted by molar-refractivity contribution is -0.219. The van der Waals surface area contributed by atoms with Crippen molar-refractivity contribution in [3.8, 4) is 0 Å². The molecule has 33 heavy (non-hydrogen) atoms. The predicted molar refractivity (Wildman–Crippen MR) is 123 cm³/mol. The van der Waals surface area contributed by atoms with Gasteiger partial charge in [0.05, 0.1) is 0 Å². The molecule has 4 aliphatic rings. The molecule has 186 valence electrons. The summed E-state index contributed by atoms with van der Waals surface area (Å²) < 4.78 is 17.4. The van der Waals surface area contributed by atoms with Crippen molar-refractivity contribution in [1.29, 1.82) is 0 Å². The summed E-state index contributed by atoms with van der Waals surface area (Å²) in [6.07, 6.45) is 8.85. The molecule has 0 aliphatic heterocycles. The van der Waals surface area contributed by atoms with E-state index in [1.54, 1.807) is 0 Å². The van der Waals surface area contributed by atoms with E-state index < -0.39 is 11.7 Å². The Morgan fingerprint density at radius 3 is 2.15 bits per heavy atom. The van der Waals surface area contributed by atoms with Crippen LogP contribution < -0.4 is 0 Å². The SMILES string of the molecule is CC(=O)O[C@@H]1CC[C@@]2(C)[C@@H](CC[C@@H]3[C@@H]2CC[C@@]2(C)[C@H]3CC[C@]2(OC(C)=O)[C@H](C)OC(C)=O)C1. The number of esters is 3. The monoisotopic (exact) mass is 462 g/mol. The fourth-order valence-electron chi connectivity index (χ4n) is 9.11. The number of rotatable bonds is 4. The molecule has 0 unspecified atom stereocenters. The van der Waals surface area contributed by atoms with Crippen LogP contribution in [0.1, 0.15) is 99.3 Å². The van der Waals surface area contributed by atoms with Crippen molar-refractivity contribution in [2.45, 2.75) is 117 Å². The van der Waals surface area contributed by atoms with E-state index in [0.717, 1.165) is 44.9 Å². The second-order valence-corrected chi connectivity index (χ2v) is 11.9. The smallest absolute Gasteiger partial charge is 0.303 e. The van der Waals surface area contributed by atoms with Crippen LogP contribution in [0.25, 0.3) is 0 Å². The zero-order valence-electron chi connectivity index (χ0n) is 21.3. The lowest BCUT2D eigenvalue weighted by atomic mass is 9.44. The summed E-state index contributed by atoms with van der Waals surface area (Å²) in [5.74, 6) is 1.51. The van der Waals surface area contributed by atoms with Gasteiger partial charge in [-0.3, -0.25) is 14.4 Å². The van der Waals surface area contributed by atoms with E-state index in [2.05, 4.69) is 13.8 Å². The van der Waals surface area contributed by atoms with Crippen molar-refractivity contribution in [2.75, 3.05) is 0 Å². The lowest BCUT2D eigenvalue weighted by Gasteiger charge is -2.62. The molecule has 0 saturated heterocycles. The Morgan fingerprint density at radius 1 is 0.818 bits per heavy atom. The van der Waals surface area contributed by atoms with E-state index in [-0.39, 0.29) is 34.8 Å². The largest absolute Gasteiger partial charge is 0.463 e. The van der Waals surface area contributed by atoms with Crippen LogP contribution in [0.2, 0.25) is 0 Å². The Morgan fingerprint density at radius 2 is 1.52 bits per heavy atom. The van der Waals surface area contributed by atoms with E-state index in [1.165, 1.54) is 33.6 Å². The van der Waals surface area contributed by atoms with E-state index in [0.29, 0.717) is 23.7 Å². The average molecular weight is 463 g/mol. The van der Waals surface area contributed by atoms with E-state index in [4.69, 9.17) is 14.2 Å². The van der Waals surface area contributed by atoms with Gasteiger partial charge >= 0.3 is 17.9 Å². The van der Waals surface area contributed by atoms with Gasteiger partial charge in [-0.25, -0.2) is 0 Å². The third-order valence-electron chi connectivity index (χ3n) is 10.5. The third kappa shape index (κ3) is 3.89. The molecule has 4 rings (SSSR count). The first-order valence-corrected chi connectivity index (χ1v) is 13.0. The maximum atomic E-state index is 12.2. The summed E-state index contributed by atoms with van der Waals surface area (Å²) in [7, 11) is 0. The normalized spacial score (nSPS) is 45.1. The van der Waals surface area contributed by atoms with Crippen LogP contribution in [0.4, 0.5) is 0 Å². The Balaban J connectivity index is 1.59. The second kappa shape index (κ2) is 8.57. The quantitative estimate of drug-likeness (QED) is 0.421. The van der Waals surface area contributed by atoms with Gasteiger partial charge in [-0.1, -0.05) is 13.8 Å². The van der Waals surface area contributed by atoms with Gasteiger partial charge in [0.2, 0.25) is 0 Å². The first-order chi connectivity index (χ1) is 15.4. The molecule has 0 N–H and O–H groups in total. The van der Waals surface area contributed by atoms with Crippen LogP contribution in [-0.4, -0.2) is 35.7 Å². The van der Waals surface area contributed by atoms with Gasteiger partial charge in [0.25, 0.3) is 0 Å². The summed E-state index contributed by atoms with van der Waals surface area (Å²) in [5, 5.41) is 0. The standard InChI is InChI=1S/C27H42O6/c1-16(31-17(2)28)27(33-19(4)30)14-11-24-22-8-7-20-15-21(32-18(3)29)9-12-25(20,5)23(22)10-13-26(24,27)6/h16,20-24H,7-15H2,1-6H3/t16-,20-,21+,22+,23-,24-,25-,26-,27-/m0/s1. The van der Waals surface area contributed by atoms with E-state index >= 15 is 0 Å². The Bertz CT molecular complexity index is 808. The van der Waals surface area contributed by atoms with Crippen LogP contribution in [-0.2, 0) is 28.6 Å². The zero-order valence-corrected chi connectivity index (χ0v) is 21.3. The summed E-state index contributed by atoms with van der Waals surface area (Å²) in [6.45, 7) is 11.1. The van der Waals surface area contributed by atoms with Crippen LogP contribution in [0.5, 0.6) is 0 Å². The summed E-state index contributed by atoms with van der Waals surface area (Å²) in [4.78, 5) is 35.6. The molecule has 0 radical (unpaired) electrons. The molecule has 6 heteroatoms. The van der Waals surface area contributed by atoms with Crippen molar-refractivity contribution in [2.24, 2.45) is 34.5 Å². The first kappa shape index (κ1) is 24.5. The van der Waals surface area contributed by atoms with Crippen molar-refractivity contribution < 1.29 is 28.6 Å². The molecule has 0 heterocycles. The number of ether oxygens (including phenoxy) is 3. The number of carbonyl (C=O) groups is 3. The topological polar surface area (TPSA) is 78.9 Å². The maximum Gasteiger partial charge on any atom is 0.303 e. The van der Waals surface area contributed by atoms with E-state index in [1.807, 2.05) is 6.92 Å². The van der Waals surface area contributed by atoms with Crippen LogP contribution in [0.3, 0.4) is 0 Å². The van der Waals surface area contributed by atoms with E-state index in [9.17, 15) is 14.4 Å². The van der Waals surface area contributed by atoms with Gasteiger partial charge in [0, 0.05) is 26.2 Å². The Kier molecular flexibility index (Phi) is 6.37. The average Bonchev–Trinajstić information content (AvgIpc) is 3.00. The molecule has 4 saturated carbocycles. The van der Waals surface area contributed by atoms with Crippen molar-refractivity contribution in [3.05, 3.63) is 0 Å². The van der Waals surface area contributed by atoms with Crippen molar-refractivity contribution >= 4 is 17.9 Å². The number of carbonyl (C=O) groups excluding carboxylic acids is 3. The lowest BCUT2D eigenvalue weighted by Crippen LogP contribution is -2.61. The molecular weight excluding hydrogens is 420 g/mol. The van der Waals surface area contributed by atoms with Gasteiger partial charge in [0.1, 0.15) is 12.2 Å². The van der Waals surface area contributed by atoms with Crippen LogP contribution in [0, 0.1) is 34.5 Å². The maximum absolute atomic E-state index is 12.2. The number of fused-ring (bicyclic) bond motifs is 5. The highest BCUT2D eigenvalue weighted by atomic mass is 16.6. The van der Waals surface area contributed by atoms with Crippen LogP contribution in [0.15, 0.2) is 0 Å². The summed E-state index contributed by atoms with van der Waals surface area (Å²) in [6, 6.07) is 0. The molecule has 0 bridgehead atoms. The fourth-order valence-corrected chi connectivity index (χ4v) is 9.11. The molecular formula is C27H42O6. The molecule has 6 nitrogen and oxygen atoms in total. The summed E-state index contributed by atoms with van der Waals surface area (Å²) >= 11 is 0. The van der Waals surface area contributed by atoms with Gasteiger partial charge in [-0.15, -0.1) is 0 Å². The van der Waals surface area contributed by atoms with Gasteiger partial charge in [-0.05, 0) is 93.8 Å². The van der Waals surface area contributed by atoms with Gasteiger partial charge in [0.15, 0.2) is 5.60 Å². The minimum Gasteiger partial charge on any atom is -0.463 e. The third-order valence-corrected chi connectivity index (χ3v) is 10.5. The molecule has 0 aromatic heterocycles. The fraction of sp³-hybridized carbons (Fsp3) is 0.889. The molecule has 0 spiro atoms. The predicted octanol–water partition coefficient (Wildman–Crippen LogP) is 5.21. The van der Waals surface area contributed by atoms with Crippen LogP contribution >= 0.6 is 0 Å². The van der Waals surface area contributed by atoms with Crippen molar-refractivity contribution in [1.82, 2.24) is 0 Å². The molecule has 0 aromatic carbocycles. The summed E-state index contributed by atoms with van der Waals surface area (Å²) in [5.41, 5.74) is -0.688. The first-order valence-electron chi connectivity index (χ1n) is 13.0. The highest BCUT2D eigenvalue weighted by Gasteiger charge is 2.68. The minimum absolute atomic E-state index is 0.0682. The van der Waals surface area contributed by atoms with Gasteiger partial charge in [-0.2, -0.15) is 0 Å². The highest BCUT2D eigenvalue weighted by molar-refractivity contribution is 5.68. The number of hydrogen-bond donors (Lipinski definition) is 0. The van der Waals surface area contributed by atoms with Gasteiger partial charge < -0.3 is 14.2 Å². The second-order valence-electron chi connectivity index (χ2n) is 11.9. The zero-order chi connectivity index (χ0) is 24.2. The minimum atomic E-state index is -0.759. The molecule has 9 atom stereocenters. The number of hydrogen-bond acceptors (Lipinski definition) is 6. The Hall–Kier alpha value is -1.59. The molecule has 0 amide bonds. The molecule has 4 fully saturated rings.